The number of carbonyl (C=O) groups excluding carboxylic acids is 1. The average Bonchev–Trinajstić information content (AvgIpc) is 3.15. The van der Waals surface area contributed by atoms with Crippen LogP contribution in [0.2, 0.25) is 0 Å². The zero-order chi connectivity index (χ0) is 22.0. The molecule has 8 nitrogen and oxygen atoms in total. The summed E-state index contributed by atoms with van der Waals surface area (Å²) in [6.45, 7) is 9.15. The minimum absolute atomic E-state index is 0.117. The summed E-state index contributed by atoms with van der Waals surface area (Å²) >= 11 is 0. The molecular weight excluding hydrogens is 394 g/mol. The Bertz CT molecular complexity index is 1120. The lowest BCUT2D eigenvalue weighted by atomic mass is 9.96. The van der Waals surface area contributed by atoms with Gasteiger partial charge < -0.3 is 9.84 Å². The van der Waals surface area contributed by atoms with Crippen molar-refractivity contribution < 1.29 is 9.32 Å². The number of benzene rings is 1. The molecule has 1 aliphatic heterocycles. The second kappa shape index (κ2) is 9.01. The van der Waals surface area contributed by atoms with Crippen molar-refractivity contribution >= 4 is 16.8 Å². The Morgan fingerprint density at radius 3 is 2.58 bits per heavy atom. The fraction of sp³-hybridized carbons (Fsp3) is 0.478. The molecule has 2 aromatic heterocycles. The summed E-state index contributed by atoms with van der Waals surface area (Å²) < 4.78 is 6.27. The highest BCUT2D eigenvalue weighted by Crippen LogP contribution is 2.19. The number of hydrogen-bond donors (Lipinski definition) is 1. The van der Waals surface area contributed by atoms with Gasteiger partial charge in [0.1, 0.15) is 12.3 Å². The number of aryl methyl sites for hydroxylation is 3. The number of nitrogens with one attached hydrogen (secondary N) is 1. The SMILES string of the molecule is Cc1ccc(CN2CCC(CNC(=O)Cn3nc(C)c4c(C)onc4c3=O)CC2)cc1. The van der Waals surface area contributed by atoms with E-state index in [4.69, 9.17) is 4.52 Å². The van der Waals surface area contributed by atoms with E-state index in [9.17, 15) is 9.59 Å². The van der Waals surface area contributed by atoms with Crippen LogP contribution >= 0.6 is 0 Å². The number of amides is 1. The van der Waals surface area contributed by atoms with Gasteiger partial charge in [-0.1, -0.05) is 35.0 Å². The van der Waals surface area contributed by atoms with Gasteiger partial charge in [-0.15, -0.1) is 0 Å². The van der Waals surface area contributed by atoms with Crippen molar-refractivity contribution in [2.45, 2.75) is 46.7 Å². The van der Waals surface area contributed by atoms with Crippen molar-refractivity contribution in [3.8, 4) is 0 Å². The van der Waals surface area contributed by atoms with Crippen molar-refractivity contribution in [3.05, 3.63) is 57.2 Å². The molecule has 0 radical (unpaired) electrons. The summed E-state index contributed by atoms with van der Waals surface area (Å²) in [5.74, 6) is 0.795. The minimum Gasteiger partial charge on any atom is -0.360 e. The van der Waals surface area contributed by atoms with E-state index in [2.05, 4.69) is 51.7 Å². The Kier molecular flexibility index (Phi) is 6.18. The lowest BCUT2D eigenvalue weighted by molar-refractivity contribution is -0.122. The minimum atomic E-state index is -0.406. The third kappa shape index (κ3) is 4.85. The first-order valence-electron chi connectivity index (χ1n) is 10.8. The van der Waals surface area contributed by atoms with Gasteiger partial charge in [-0.25, -0.2) is 4.68 Å². The molecule has 3 heterocycles. The molecule has 8 heteroatoms. The molecule has 1 N–H and O–H groups in total. The summed E-state index contributed by atoms with van der Waals surface area (Å²) in [6.07, 6.45) is 2.10. The van der Waals surface area contributed by atoms with Crippen LogP contribution < -0.4 is 10.9 Å². The fourth-order valence-corrected chi connectivity index (χ4v) is 4.20. The van der Waals surface area contributed by atoms with Crippen LogP contribution in [-0.2, 0) is 17.9 Å². The van der Waals surface area contributed by atoms with E-state index in [1.165, 1.54) is 15.8 Å². The van der Waals surface area contributed by atoms with Crippen LogP contribution in [0.4, 0.5) is 0 Å². The predicted molar refractivity (Wildman–Crippen MR) is 118 cm³/mol. The molecule has 1 saturated heterocycles. The third-order valence-corrected chi connectivity index (χ3v) is 6.05. The van der Waals surface area contributed by atoms with Crippen molar-refractivity contribution in [3.63, 3.8) is 0 Å². The molecule has 1 amide bonds. The maximum absolute atomic E-state index is 12.5. The van der Waals surface area contributed by atoms with Crippen LogP contribution in [0, 0.1) is 26.7 Å². The Morgan fingerprint density at radius 2 is 1.87 bits per heavy atom. The molecule has 0 unspecified atom stereocenters. The number of hydrogen-bond acceptors (Lipinski definition) is 6. The lowest BCUT2D eigenvalue weighted by Gasteiger charge is -2.32. The van der Waals surface area contributed by atoms with E-state index in [1.807, 2.05) is 0 Å². The second-order valence-corrected chi connectivity index (χ2v) is 8.52. The first kappa shape index (κ1) is 21.2. The van der Waals surface area contributed by atoms with Gasteiger partial charge in [0.05, 0.1) is 11.1 Å². The molecule has 0 spiro atoms. The zero-order valence-electron chi connectivity index (χ0n) is 18.4. The standard InChI is InChI=1S/C23H29N5O3/c1-15-4-6-19(7-5-15)13-27-10-8-18(9-11-27)12-24-20(29)14-28-23(30)22-21(16(2)25-28)17(3)31-26-22/h4-7,18H,8-14H2,1-3H3,(H,24,29). The van der Waals surface area contributed by atoms with E-state index >= 15 is 0 Å². The molecule has 0 bridgehead atoms. The number of nitrogens with zero attached hydrogens (tertiary/aromatic N) is 4. The summed E-state index contributed by atoms with van der Waals surface area (Å²) in [4.78, 5) is 27.4. The largest absolute Gasteiger partial charge is 0.360 e. The van der Waals surface area contributed by atoms with Crippen molar-refractivity contribution in [2.75, 3.05) is 19.6 Å². The van der Waals surface area contributed by atoms with Gasteiger partial charge in [-0.3, -0.25) is 14.5 Å². The van der Waals surface area contributed by atoms with Gasteiger partial charge in [-0.2, -0.15) is 5.10 Å². The first-order chi connectivity index (χ1) is 14.9. The highest BCUT2D eigenvalue weighted by molar-refractivity contribution is 5.82. The predicted octanol–water partition coefficient (Wildman–Crippen LogP) is 2.34. The topological polar surface area (TPSA) is 93.3 Å². The highest BCUT2D eigenvalue weighted by Gasteiger charge is 2.21. The van der Waals surface area contributed by atoms with Gasteiger partial charge in [0, 0.05) is 13.1 Å². The number of likely N-dealkylation sites (tertiary alicyclic amines) is 1. The molecule has 1 aromatic carbocycles. The summed E-state index contributed by atoms with van der Waals surface area (Å²) in [5.41, 5.74) is 3.06. The van der Waals surface area contributed by atoms with E-state index in [0.29, 0.717) is 29.3 Å². The second-order valence-electron chi connectivity index (χ2n) is 8.52. The van der Waals surface area contributed by atoms with Crippen LogP contribution in [0.15, 0.2) is 33.6 Å². The normalized spacial score (nSPS) is 15.5. The Morgan fingerprint density at radius 1 is 1.16 bits per heavy atom. The maximum Gasteiger partial charge on any atom is 0.297 e. The van der Waals surface area contributed by atoms with E-state index in [1.54, 1.807) is 13.8 Å². The van der Waals surface area contributed by atoms with Crippen LogP contribution in [-0.4, -0.2) is 45.4 Å². The van der Waals surface area contributed by atoms with E-state index < -0.39 is 5.56 Å². The Hall–Kier alpha value is -3.00. The zero-order valence-corrected chi connectivity index (χ0v) is 18.4. The lowest BCUT2D eigenvalue weighted by Crippen LogP contribution is -2.40. The number of piperidine rings is 1. The number of fused-ring (bicyclic) bond motifs is 1. The van der Waals surface area contributed by atoms with Gasteiger partial charge in [0.15, 0.2) is 5.52 Å². The van der Waals surface area contributed by atoms with Crippen molar-refractivity contribution in [2.24, 2.45) is 5.92 Å². The van der Waals surface area contributed by atoms with Crippen molar-refractivity contribution in [1.82, 2.24) is 25.2 Å². The summed E-state index contributed by atoms with van der Waals surface area (Å²) in [6, 6.07) is 8.69. The van der Waals surface area contributed by atoms with Crippen LogP contribution in [0.25, 0.3) is 10.9 Å². The third-order valence-electron chi connectivity index (χ3n) is 6.05. The monoisotopic (exact) mass is 423 g/mol. The molecule has 0 saturated carbocycles. The quantitative estimate of drug-likeness (QED) is 0.654. The molecule has 164 valence electrons. The molecule has 3 aromatic rings. The fourth-order valence-electron chi connectivity index (χ4n) is 4.20. The molecule has 1 fully saturated rings. The smallest absolute Gasteiger partial charge is 0.297 e. The number of aromatic nitrogens is 3. The molecular formula is C23H29N5O3. The number of carbonyl (C=O) groups is 1. The van der Waals surface area contributed by atoms with Gasteiger partial charge in [-0.05, 0) is 58.2 Å². The molecule has 0 atom stereocenters. The van der Waals surface area contributed by atoms with Crippen LogP contribution in [0.1, 0.15) is 35.4 Å². The number of rotatable bonds is 6. The van der Waals surface area contributed by atoms with E-state index in [-0.39, 0.29) is 18.0 Å². The summed E-state index contributed by atoms with van der Waals surface area (Å²) in [7, 11) is 0. The summed E-state index contributed by atoms with van der Waals surface area (Å²) in [5, 5.41) is 11.7. The van der Waals surface area contributed by atoms with Crippen molar-refractivity contribution in [1.29, 1.82) is 0 Å². The molecule has 4 rings (SSSR count). The van der Waals surface area contributed by atoms with Crippen LogP contribution in [0.5, 0.6) is 0 Å². The molecule has 0 aliphatic carbocycles. The molecule has 1 aliphatic rings. The van der Waals surface area contributed by atoms with Crippen LogP contribution in [0.3, 0.4) is 0 Å². The highest BCUT2D eigenvalue weighted by atomic mass is 16.5. The molecule has 31 heavy (non-hydrogen) atoms. The van der Waals surface area contributed by atoms with Gasteiger partial charge in [0.25, 0.3) is 5.56 Å². The van der Waals surface area contributed by atoms with Gasteiger partial charge in [0.2, 0.25) is 5.91 Å². The Balaban J connectivity index is 1.26. The average molecular weight is 424 g/mol. The maximum atomic E-state index is 12.5. The Labute approximate surface area is 181 Å². The van der Waals surface area contributed by atoms with E-state index in [0.717, 1.165) is 32.5 Å². The van der Waals surface area contributed by atoms with Gasteiger partial charge >= 0.3 is 0 Å². The first-order valence-corrected chi connectivity index (χ1v) is 10.8.